The molecule has 5 heteroatoms. The van der Waals surface area contributed by atoms with Crippen LogP contribution in [0.25, 0.3) is 0 Å². The summed E-state index contributed by atoms with van der Waals surface area (Å²) in [6, 6.07) is 17.9. The molecule has 0 aliphatic carbocycles. The molecule has 26 heavy (non-hydrogen) atoms. The molecule has 0 spiro atoms. The molecule has 1 aromatic heterocycles. The van der Waals surface area contributed by atoms with Crippen LogP contribution in [-0.2, 0) is 13.0 Å². The van der Waals surface area contributed by atoms with Crippen LogP contribution in [0.2, 0.25) is 0 Å². The van der Waals surface area contributed by atoms with Gasteiger partial charge in [-0.3, -0.25) is 9.78 Å². The second kappa shape index (κ2) is 6.96. The quantitative estimate of drug-likeness (QED) is 0.775. The van der Waals surface area contributed by atoms with Gasteiger partial charge in [-0.2, -0.15) is 0 Å². The van der Waals surface area contributed by atoms with E-state index in [-0.39, 0.29) is 11.7 Å². The van der Waals surface area contributed by atoms with Gasteiger partial charge in [0.2, 0.25) is 0 Å². The lowest BCUT2D eigenvalue weighted by Gasteiger charge is -2.17. The third kappa shape index (κ3) is 3.28. The van der Waals surface area contributed by atoms with Gasteiger partial charge in [-0.05, 0) is 47.9 Å². The van der Waals surface area contributed by atoms with E-state index in [1.54, 1.807) is 29.3 Å². The number of hydrogen-bond donors (Lipinski definition) is 1. The number of anilines is 2. The Morgan fingerprint density at radius 3 is 2.77 bits per heavy atom. The summed E-state index contributed by atoms with van der Waals surface area (Å²) in [6.45, 7) is 1.22. The van der Waals surface area contributed by atoms with Crippen LogP contribution in [0.5, 0.6) is 0 Å². The highest BCUT2D eigenvalue weighted by Crippen LogP contribution is 2.28. The van der Waals surface area contributed by atoms with E-state index < -0.39 is 0 Å². The smallest absolute Gasteiger partial charge is 0.276 e. The van der Waals surface area contributed by atoms with Crippen LogP contribution < -0.4 is 10.2 Å². The van der Waals surface area contributed by atoms with Crippen molar-refractivity contribution in [2.75, 3.05) is 16.8 Å². The van der Waals surface area contributed by atoms with Crippen molar-refractivity contribution < 1.29 is 9.18 Å². The van der Waals surface area contributed by atoms with E-state index in [1.165, 1.54) is 17.7 Å². The van der Waals surface area contributed by atoms with Crippen molar-refractivity contribution in [2.45, 2.75) is 13.0 Å². The normalized spacial score (nSPS) is 12.7. The number of pyridine rings is 1. The number of rotatable bonds is 4. The van der Waals surface area contributed by atoms with Gasteiger partial charge in [0, 0.05) is 30.7 Å². The van der Waals surface area contributed by atoms with Crippen molar-refractivity contribution in [3.8, 4) is 0 Å². The summed E-state index contributed by atoms with van der Waals surface area (Å²) in [7, 11) is 0. The summed E-state index contributed by atoms with van der Waals surface area (Å²) < 4.78 is 13.0. The average molecular weight is 347 g/mol. The van der Waals surface area contributed by atoms with E-state index in [4.69, 9.17) is 0 Å². The molecule has 0 fully saturated rings. The van der Waals surface area contributed by atoms with Gasteiger partial charge in [0.25, 0.3) is 5.91 Å². The lowest BCUT2D eigenvalue weighted by atomic mass is 10.2. The second-order valence-electron chi connectivity index (χ2n) is 6.25. The van der Waals surface area contributed by atoms with Crippen LogP contribution in [0.1, 0.15) is 21.6 Å². The molecule has 0 atom stereocenters. The number of carbonyl (C=O) groups excluding carboxylic acids is 1. The van der Waals surface area contributed by atoms with Crippen molar-refractivity contribution in [1.82, 2.24) is 4.98 Å². The van der Waals surface area contributed by atoms with Crippen molar-refractivity contribution in [2.24, 2.45) is 0 Å². The van der Waals surface area contributed by atoms with Gasteiger partial charge >= 0.3 is 0 Å². The molecule has 130 valence electrons. The number of benzene rings is 2. The van der Waals surface area contributed by atoms with Gasteiger partial charge < -0.3 is 10.2 Å². The average Bonchev–Trinajstić information content (AvgIpc) is 3.11. The Bertz CT molecular complexity index is 940. The SMILES string of the molecule is O=C(c1cc(NCc2ccc(F)cc2)ccn1)N1CCc2ccccc21. The van der Waals surface area contributed by atoms with Gasteiger partial charge in [0.1, 0.15) is 11.5 Å². The minimum atomic E-state index is -0.253. The Labute approximate surface area is 151 Å². The van der Waals surface area contributed by atoms with E-state index in [0.29, 0.717) is 18.8 Å². The number of aromatic nitrogens is 1. The standard InChI is InChI=1S/C21H18FN3O/c22-17-7-5-15(6-8-17)14-24-18-9-11-23-19(13-18)21(26)25-12-10-16-3-1-2-4-20(16)25/h1-9,11,13H,10,12,14H2,(H,23,24). The summed E-state index contributed by atoms with van der Waals surface area (Å²) in [4.78, 5) is 18.9. The fourth-order valence-electron chi connectivity index (χ4n) is 3.15. The summed E-state index contributed by atoms with van der Waals surface area (Å²) in [5.41, 5.74) is 4.32. The molecule has 0 saturated heterocycles. The van der Waals surface area contributed by atoms with Crippen LogP contribution in [0.4, 0.5) is 15.8 Å². The molecule has 2 heterocycles. The van der Waals surface area contributed by atoms with E-state index in [0.717, 1.165) is 23.4 Å². The molecule has 4 rings (SSSR count). The summed E-state index contributed by atoms with van der Waals surface area (Å²) >= 11 is 0. The van der Waals surface area contributed by atoms with Crippen molar-refractivity contribution in [1.29, 1.82) is 0 Å². The molecule has 1 aliphatic heterocycles. The summed E-state index contributed by atoms with van der Waals surface area (Å²) in [5, 5.41) is 3.25. The van der Waals surface area contributed by atoms with Crippen LogP contribution in [0.3, 0.4) is 0 Å². The maximum Gasteiger partial charge on any atom is 0.276 e. The molecule has 0 saturated carbocycles. The summed E-state index contributed by atoms with van der Waals surface area (Å²) in [5.74, 6) is -0.350. The molecule has 0 radical (unpaired) electrons. The third-order valence-corrected chi connectivity index (χ3v) is 4.52. The Morgan fingerprint density at radius 2 is 1.92 bits per heavy atom. The molecular weight excluding hydrogens is 329 g/mol. The first kappa shape index (κ1) is 16.3. The Kier molecular flexibility index (Phi) is 4.35. The zero-order valence-electron chi connectivity index (χ0n) is 14.2. The lowest BCUT2D eigenvalue weighted by molar-refractivity contribution is 0.0984. The van der Waals surface area contributed by atoms with Gasteiger partial charge in [0.15, 0.2) is 0 Å². The molecule has 3 aromatic rings. The van der Waals surface area contributed by atoms with Gasteiger partial charge in [0.05, 0.1) is 0 Å². The first-order valence-corrected chi connectivity index (χ1v) is 8.55. The van der Waals surface area contributed by atoms with Crippen molar-refractivity contribution in [3.63, 3.8) is 0 Å². The zero-order chi connectivity index (χ0) is 17.9. The topological polar surface area (TPSA) is 45.2 Å². The van der Waals surface area contributed by atoms with Crippen LogP contribution >= 0.6 is 0 Å². The number of para-hydroxylation sites is 1. The molecule has 1 N–H and O–H groups in total. The van der Waals surface area contributed by atoms with Crippen LogP contribution in [0, 0.1) is 5.82 Å². The minimum Gasteiger partial charge on any atom is -0.381 e. The second-order valence-corrected chi connectivity index (χ2v) is 6.25. The fourth-order valence-corrected chi connectivity index (χ4v) is 3.15. The first-order valence-electron chi connectivity index (χ1n) is 8.55. The highest BCUT2D eigenvalue weighted by molar-refractivity contribution is 6.06. The van der Waals surface area contributed by atoms with E-state index in [9.17, 15) is 9.18 Å². The van der Waals surface area contributed by atoms with Crippen molar-refractivity contribution >= 4 is 17.3 Å². The Hall–Kier alpha value is -3.21. The molecule has 1 aliphatic rings. The number of carbonyl (C=O) groups is 1. The molecule has 1 amide bonds. The zero-order valence-corrected chi connectivity index (χ0v) is 14.2. The van der Waals surface area contributed by atoms with Gasteiger partial charge in [-0.15, -0.1) is 0 Å². The highest BCUT2D eigenvalue weighted by atomic mass is 19.1. The number of halogens is 1. The summed E-state index contributed by atoms with van der Waals surface area (Å²) in [6.07, 6.45) is 2.49. The molecular formula is C21H18FN3O. The van der Waals surface area contributed by atoms with E-state index in [2.05, 4.69) is 16.4 Å². The fraction of sp³-hybridized carbons (Fsp3) is 0.143. The highest BCUT2D eigenvalue weighted by Gasteiger charge is 2.25. The van der Waals surface area contributed by atoms with Gasteiger partial charge in [-0.25, -0.2) is 4.39 Å². The lowest BCUT2D eigenvalue weighted by Crippen LogP contribution is -2.29. The minimum absolute atomic E-state index is 0.0969. The predicted octanol–water partition coefficient (Wildman–Crippen LogP) is 4.04. The number of nitrogens with zero attached hydrogens (tertiary/aromatic N) is 2. The maximum atomic E-state index is 13.0. The molecule has 0 bridgehead atoms. The van der Waals surface area contributed by atoms with E-state index in [1.807, 2.05) is 24.3 Å². The molecule has 4 nitrogen and oxygen atoms in total. The first-order chi connectivity index (χ1) is 12.7. The number of hydrogen-bond acceptors (Lipinski definition) is 3. The van der Waals surface area contributed by atoms with Crippen LogP contribution in [-0.4, -0.2) is 17.4 Å². The third-order valence-electron chi connectivity index (χ3n) is 4.52. The Morgan fingerprint density at radius 1 is 1.12 bits per heavy atom. The molecule has 2 aromatic carbocycles. The maximum absolute atomic E-state index is 13.0. The Balaban J connectivity index is 1.49. The number of nitrogens with one attached hydrogen (secondary N) is 1. The molecule has 0 unspecified atom stereocenters. The number of fused-ring (bicyclic) bond motifs is 1. The number of amides is 1. The van der Waals surface area contributed by atoms with Crippen LogP contribution in [0.15, 0.2) is 66.9 Å². The van der Waals surface area contributed by atoms with E-state index >= 15 is 0 Å². The largest absolute Gasteiger partial charge is 0.381 e. The van der Waals surface area contributed by atoms with Crippen molar-refractivity contribution in [3.05, 3.63) is 89.5 Å². The monoisotopic (exact) mass is 347 g/mol. The predicted molar refractivity (Wildman–Crippen MR) is 99.8 cm³/mol. The van der Waals surface area contributed by atoms with Gasteiger partial charge in [-0.1, -0.05) is 30.3 Å².